The lowest BCUT2D eigenvalue weighted by atomic mass is 9.65. The molecular weight excluding hydrogens is 735 g/mol. The zero-order chi connectivity index (χ0) is 41.3. The van der Waals surface area contributed by atoms with Crippen LogP contribution in [0.1, 0.15) is 77.6 Å². The Morgan fingerprint density at radius 2 is 1.18 bits per heavy atom. The van der Waals surface area contributed by atoms with E-state index in [1.165, 1.54) is 100 Å². The summed E-state index contributed by atoms with van der Waals surface area (Å²) in [6.07, 6.45) is 17.6. The molecule has 2 unspecified atom stereocenters. The second-order valence-electron chi connectivity index (χ2n) is 18.0. The van der Waals surface area contributed by atoms with Gasteiger partial charge in [0.1, 0.15) is 0 Å². The highest BCUT2D eigenvalue weighted by Crippen LogP contribution is 2.58. The molecule has 0 amide bonds. The summed E-state index contributed by atoms with van der Waals surface area (Å²) in [6, 6.07) is 59.6. The fraction of sp³-hybridized carbons (Fsp3) is 0.167. The Balaban J connectivity index is 1.06. The lowest BCUT2D eigenvalue weighted by Gasteiger charge is -2.36. The Morgan fingerprint density at radius 3 is 1.97 bits per heavy atom. The maximum Gasteiger partial charge on any atom is 0.0710 e. The molecule has 0 spiro atoms. The fourth-order valence-electron chi connectivity index (χ4n) is 11.1. The minimum Gasteiger partial charge on any atom is -0.334 e. The van der Waals surface area contributed by atoms with Gasteiger partial charge < -0.3 is 4.90 Å². The maximum absolute atomic E-state index is 2.58. The fourth-order valence-corrected chi connectivity index (χ4v) is 11.1. The van der Waals surface area contributed by atoms with Crippen molar-refractivity contribution in [3.05, 3.63) is 244 Å². The van der Waals surface area contributed by atoms with E-state index in [4.69, 9.17) is 0 Å². The minimum atomic E-state index is -0.374. The van der Waals surface area contributed by atoms with Crippen LogP contribution in [-0.4, -0.2) is 6.04 Å². The van der Waals surface area contributed by atoms with Crippen molar-refractivity contribution in [1.82, 2.24) is 0 Å². The zero-order valence-corrected chi connectivity index (χ0v) is 35.6. The molecule has 1 nitrogen and oxygen atoms in total. The molecule has 0 aliphatic heterocycles. The third kappa shape index (κ3) is 5.89. The summed E-state index contributed by atoms with van der Waals surface area (Å²) in [5, 5.41) is 0. The molecule has 0 bridgehead atoms. The molecule has 0 N–H and O–H groups in total. The van der Waals surface area contributed by atoms with Crippen LogP contribution in [0.5, 0.6) is 0 Å². The molecule has 0 saturated carbocycles. The highest BCUT2D eigenvalue weighted by atomic mass is 15.2. The van der Waals surface area contributed by atoms with Crippen molar-refractivity contribution >= 4 is 16.9 Å². The Labute approximate surface area is 361 Å². The Morgan fingerprint density at radius 1 is 0.508 bits per heavy atom. The molecule has 0 radical (unpaired) electrons. The van der Waals surface area contributed by atoms with Crippen molar-refractivity contribution in [2.75, 3.05) is 4.90 Å². The molecule has 2 atom stereocenters. The van der Waals surface area contributed by atoms with E-state index >= 15 is 0 Å². The van der Waals surface area contributed by atoms with Crippen LogP contribution in [0.3, 0.4) is 0 Å². The van der Waals surface area contributed by atoms with E-state index in [-0.39, 0.29) is 16.9 Å². The summed E-state index contributed by atoms with van der Waals surface area (Å²) in [5.74, 6) is 0. The van der Waals surface area contributed by atoms with Crippen LogP contribution in [-0.2, 0) is 10.8 Å². The molecule has 1 heteroatoms. The first kappa shape index (κ1) is 37.3. The number of allylic oxidation sites excluding steroid dienone is 6. The number of hydrogen-bond donors (Lipinski definition) is 0. The van der Waals surface area contributed by atoms with Crippen LogP contribution in [0.15, 0.2) is 200 Å². The lowest BCUT2D eigenvalue weighted by Crippen LogP contribution is -2.31. The van der Waals surface area contributed by atoms with Gasteiger partial charge in [0.05, 0.1) is 11.5 Å². The molecule has 0 fully saturated rings. The first-order chi connectivity index (χ1) is 29.8. The van der Waals surface area contributed by atoms with Crippen molar-refractivity contribution in [2.45, 2.75) is 63.8 Å². The highest BCUT2D eigenvalue weighted by Gasteiger charge is 2.47. The number of fused-ring (bicyclic) bond motifs is 6. The molecule has 0 heterocycles. The van der Waals surface area contributed by atoms with Crippen molar-refractivity contribution in [1.29, 1.82) is 0 Å². The normalized spacial score (nSPS) is 19.0. The number of anilines is 2. The van der Waals surface area contributed by atoms with Crippen LogP contribution in [0.4, 0.5) is 11.4 Å². The molecule has 7 aromatic carbocycles. The van der Waals surface area contributed by atoms with Gasteiger partial charge >= 0.3 is 0 Å². The van der Waals surface area contributed by atoms with E-state index in [0.29, 0.717) is 0 Å². The number of nitrogens with zero attached hydrogens (tertiary/aromatic N) is 1. The summed E-state index contributed by atoms with van der Waals surface area (Å²) in [7, 11) is 0. The number of rotatable bonds is 7. The van der Waals surface area contributed by atoms with Gasteiger partial charge in [0, 0.05) is 16.8 Å². The first-order valence-corrected chi connectivity index (χ1v) is 22.1. The van der Waals surface area contributed by atoms with Crippen molar-refractivity contribution in [3.63, 3.8) is 0 Å². The topological polar surface area (TPSA) is 3.24 Å². The van der Waals surface area contributed by atoms with Crippen molar-refractivity contribution in [3.8, 4) is 33.4 Å². The third-order valence-corrected chi connectivity index (χ3v) is 14.1. The molecule has 0 aromatic heterocycles. The smallest absolute Gasteiger partial charge is 0.0710 e. The van der Waals surface area contributed by atoms with Crippen LogP contribution in [0.2, 0.25) is 0 Å². The average molecular weight is 786 g/mol. The molecule has 0 saturated heterocycles. The van der Waals surface area contributed by atoms with Gasteiger partial charge in [0.15, 0.2) is 0 Å². The second kappa shape index (κ2) is 14.5. The van der Waals surface area contributed by atoms with E-state index in [1.54, 1.807) is 0 Å². The first-order valence-electron chi connectivity index (χ1n) is 22.1. The zero-order valence-electron chi connectivity index (χ0n) is 35.6. The Kier molecular flexibility index (Phi) is 8.86. The summed E-state index contributed by atoms with van der Waals surface area (Å²) >= 11 is 0. The van der Waals surface area contributed by atoms with E-state index in [0.717, 1.165) is 19.3 Å². The summed E-state index contributed by atoms with van der Waals surface area (Å²) in [4.78, 5) is 2.58. The maximum atomic E-state index is 2.58. The number of benzene rings is 7. The SMILES string of the molecule is Cc1ccc2c(c1)C(C1=CCCC=C1)(c1ccccc1)c1cc(C)c(C3=CC(N(c4ccc(-c5ccccc5)cc4)c4ccc5c(c4)C(C)(C)c4ccccc4-5)CC=C3)cc1-2. The van der Waals surface area contributed by atoms with Gasteiger partial charge in [0.25, 0.3) is 0 Å². The summed E-state index contributed by atoms with van der Waals surface area (Å²) in [5.41, 5.74) is 23.2. The lowest BCUT2D eigenvalue weighted by molar-refractivity contribution is 0.659. The molecule has 61 heavy (non-hydrogen) atoms. The van der Waals surface area contributed by atoms with E-state index in [9.17, 15) is 0 Å². The van der Waals surface area contributed by atoms with Crippen molar-refractivity contribution < 1.29 is 0 Å². The van der Waals surface area contributed by atoms with Crippen LogP contribution in [0.25, 0.3) is 39.0 Å². The molecule has 7 aromatic rings. The molecule has 4 aliphatic rings. The van der Waals surface area contributed by atoms with Crippen LogP contribution < -0.4 is 4.90 Å². The predicted octanol–water partition coefficient (Wildman–Crippen LogP) is 15.4. The van der Waals surface area contributed by atoms with E-state index in [2.05, 4.69) is 227 Å². The summed E-state index contributed by atoms with van der Waals surface area (Å²) < 4.78 is 0. The average Bonchev–Trinajstić information content (AvgIpc) is 3.71. The number of hydrogen-bond acceptors (Lipinski definition) is 1. The largest absolute Gasteiger partial charge is 0.334 e. The van der Waals surface area contributed by atoms with Gasteiger partial charge in [-0.15, -0.1) is 0 Å². The Hall–Kier alpha value is -6.70. The molecular formula is C60H51N. The standard InChI is InChI=1S/C60H51N/c1-40-27-33-52-54-39-53(41(2)36-58(54)60(57(52)35-40,45-20-10-6-11-21-45)46-22-12-7-13-23-46)44-19-16-24-48(37-44)61(47-30-28-43(29-31-47)42-17-8-5-9-18-42)49-32-34-51-50-25-14-15-26-55(50)59(3,4)56(51)38-49/h5-6,8-12,14-23,25-39,48H,7,13,24H2,1-4H3. The monoisotopic (exact) mass is 785 g/mol. The predicted molar refractivity (Wildman–Crippen MR) is 258 cm³/mol. The highest BCUT2D eigenvalue weighted by molar-refractivity contribution is 5.91. The van der Waals surface area contributed by atoms with Gasteiger partial charge in [-0.2, -0.15) is 0 Å². The van der Waals surface area contributed by atoms with Gasteiger partial charge in [-0.1, -0.05) is 183 Å². The number of aryl methyl sites for hydroxylation is 2. The second-order valence-corrected chi connectivity index (χ2v) is 18.0. The van der Waals surface area contributed by atoms with E-state index < -0.39 is 0 Å². The van der Waals surface area contributed by atoms with Gasteiger partial charge in [-0.25, -0.2) is 0 Å². The van der Waals surface area contributed by atoms with Gasteiger partial charge in [-0.05, 0) is 147 Å². The van der Waals surface area contributed by atoms with Crippen LogP contribution >= 0.6 is 0 Å². The Bertz CT molecular complexity index is 2970. The minimum absolute atomic E-state index is 0.0902. The molecule has 11 rings (SSSR count). The molecule has 4 aliphatic carbocycles. The van der Waals surface area contributed by atoms with Gasteiger partial charge in [-0.3, -0.25) is 0 Å². The van der Waals surface area contributed by atoms with Gasteiger partial charge in [0.2, 0.25) is 0 Å². The van der Waals surface area contributed by atoms with Crippen molar-refractivity contribution in [2.24, 2.45) is 0 Å². The quantitative estimate of drug-likeness (QED) is 0.156. The third-order valence-electron chi connectivity index (χ3n) is 14.1. The van der Waals surface area contributed by atoms with E-state index in [1.807, 2.05) is 0 Å². The molecule has 296 valence electrons. The van der Waals surface area contributed by atoms with Crippen LogP contribution in [0, 0.1) is 13.8 Å². The summed E-state index contributed by atoms with van der Waals surface area (Å²) in [6.45, 7) is 9.32.